The van der Waals surface area contributed by atoms with Crippen molar-refractivity contribution in [1.29, 1.82) is 0 Å². The topological polar surface area (TPSA) is 17.3 Å². The van der Waals surface area contributed by atoms with Gasteiger partial charge >= 0.3 is 0 Å². The Kier molecular flexibility index (Phi) is 3.84. The first-order chi connectivity index (χ1) is 18.6. The third-order valence-corrected chi connectivity index (χ3v) is 10.3. The number of benzene rings is 5. The molecule has 2 aliphatic rings. The van der Waals surface area contributed by atoms with E-state index in [2.05, 4.69) is 113 Å². The van der Waals surface area contributed by atoms with Crippen LogP contribution in [0.2, 0.25) is 0 Å². The van der Waals surface area contributed by atoms with Crippen LogP contribution in [0.4, 0.5) is 0 Å². The molecule has 0 bridgehead atoms. The fraction of sp³-hybridized carbons (Fsp3) is 0.229. The fourth-order valence-corrected chi connectivity index (χ4v) is 8.54. The first-order valence-corrected chi connectivity index (χ1v) is 14.8. The average Bonchev–Trinajstić information content (AvgIpc) is 3.43. The van der Waals surface area contributed by atoms with E-state index in [0.29, 0.717) is 0 Å². The van der Waals surface area contributed by atoms with Gasteiger partial charge in [0.2, 0.25) is 6.71 Å². The Labute approximate surface area is 232 Å². The van der Waals surface area contributed by atoms with Gasteiger partial charge in [0, 0.05) is 10.1 Å². The highest BCUT2D eigenvalue weighted by Crippen LogP contribution is 2.44. The second kappa shape index (κ2) is 6.74. The monoisotopic (exact) mass is 520 g/mol. The van der Waals surface area contributed by atoms with Crippen LogP contribution in [0.1, 0.15) is 52.7 Å². The molecule has 39 heavy (non-hydrogen) atoms. The maximum absolute atomic E-state index is 5.40. The molecule has 0 fully saturated rings. The van der Waals surface area contributed by atoms with E-state index in [1.165, 1.54) is 81.4 Å². The van der Waals surface area contributed by atoms with E-state index < -0.39 is 0 Å². The van der Waals surface area contributed by atoms with Crippen LogP contribution in [0.3, 0.4) is 0 Å². The van der Waals surface area contributed by atoms with E-state index >= 15 is 0 Å². The molecule has 0 unspecified atom stereocenters. The van der Waals surface area contributed by atoms with Gasteiger partial charge in [0.1, 0.15) is 0 Å². The van der Waals surface area contributed by atoms with Crippen molar-refractivity contribution in [1.82, 2.24) is 9.38 Å². The molecular weight excluding hydrogens is 491 g/mol. The van der Waals surface area contributed by atoms with E-state index in [1.54, 1.807) is 0 Å². The number of nitrogens with zero attached hydrogens (tertiary/aromatic N) is 2. The van der Waals surface area contributed by atoms with Crippen molar-refractivity contribution in [2.45, 2.75) is 52.4 Å². The Balaban J connectivity index is 1.58. The Hall–Kier alpha value is -3.63. The molecule has 9 rings (SSSR count). The smallest absolute Gasteiger partial charge is 0.248 e. The molecule has 0 saturated carbocycles. The molecule has 0 saturated heterocycles. The molecule has 2 aromatic heterocycles. The van der Waals surface area contributed by atoms with Gasteiger partial charge in [-0.05, 0) is 72.3 Å². The standard InChI is InChI=1S/C35H29BN2S/c1-34(2,3)19-11-13-25-21(16-19)23-17-22-20-10-8-7-9-18(20)15-27-28(22)32-29(23)36(25)26-14-12-24(35(4,5)6)30-31(26)38(32)33(37-30)39-27/h7-17H,1-6H3. The Morgan fingerprint density at radius 3 is 2.33 bits per heavy atom. The van der Waals surface area contributed by atoms with Crippen LogP contribution in [-0.4, -0.2) is 16.1 Å². The minimum absolute atomic E-state index is 0.0157. The number of imidazole rings is 1. The summed E-state index contributed by atoms with van der Waals surface area (Å²) in [4.78, 5) is 6.50. The summed E-state index contributed by atoms with van der Waals surface area (Å²) < 4.78 is 3.86. The van der Waals surface area contributed by atoms with Crippen molar-refractivity contribution < 1.29 is 0 Å². The van der Waals surface area contributed by atoms with E-state index in [9.17, 15) is 0 Å². The summed E-state index contributed by atoms with van der Waals surface area (Å²) in [6.07, 6.45) is 0. The van der Waals surface area contributed by atoms with E-state index in [4.69, 9.17) is 4.98 Å². The number of aromatic nitrogens is 2. The maximum Gasteiger partial charge on any atom is 0.248 e. The predicted molar refractivity (Wildman–Crippen MR) is 171 cm³/mol. The average molecular weight is 521 g/mol. The number of fused-ring (bicyclic) bond motifs is 6. The molecule has 2 nitrogen and oxygen atoms in total. The lowest BCUT2D eigenvalue weighted by molar-refractivity contribution is 0.590. The zero-order chi connectivity index (χ0) is 26.6. The molecule has 0 aliphatic carbocycles. The highest BCUT2D eigenvalue weighted by atomic mass is 32.1. The van der Waals surface area contributed by atoms with Gasteiger partial charge in [-0.15, -0.1) is 0 Å². The van der Waals surface area contributed by atoms with Crippen molar-refractivity contribution in [3.05, 3.63) is 77.9 Å². The minimum atomic E-state index is 0.0157. The van der Waals surface area contributed by atoms with Crippen LogP contribution >= 0.6 is 11.3 Å². The van der Waals surface area contributed by atoms with Gasteiger partial charge in [-0.2, -0.15) is 0 Å². The number of hydrogen-bond acceptors (Lipinski definition) is 2. The zero-order valence-electron chi connectivity index (χ0n) is 23.2. The zero-order valence-corrected chi connectivity index (χ0v) is 24.0. The van der Waals surface area contributed by atoms with Crippen LogP contribution < -0.4 is 16.4 Å². The van der Waals surface area contributed by atoms with Gasteiger partial charge in [0.25, 0.3) is 0 Å². The third kappa shape index (κ3) is 2.62. The van der Waals surface area contributed by atoms with Crippen LogP contribution in [0.15, 0.2) is 66.7 Å². The first kappa shape index (κ1) is 22.2. The largest absolute Gasteiger partial charge is 0.285 e. The summed E-state index contributed by atoms with van der Waals surface area (Å²) in [7, 11) is 0. The highest BCUT2D eigenvalue weighted by Gasteiger charge is 2.42. The summed E-state index contributed by atoms with van der Waals surface area (Å²) in [6, 6.07) is 25.8. The maximum atomic E-state index is 5.40. The Bertz CT molecular complexity index is 2250. The van der Waals surface area contributed by atoms with Crippen molar-refractivity contribution in [2.75, 3.05) is 0 Å². The SMILES string of the molecule is CC(C)(C)c1ccc2c(c1)-c1cc3c4ccccc4cc4sc5nc6c(C(C)(C)C)ccc7c6n5c(c1B27)c43. The third-order valence-electron chi connectivity index (χ3n) is 9.28. The predicted octanol–water partition coefficient (Wildman–Crippen LogP) is 7.41. The summed E-state index contributed by atoms with van der Waals surface area (Å²) in [5.41, 5.74) is 13.8. The number of rotatable bonds is 0. The van der Waals surface area contributed by atoms with Gasteiger partial charge in [-0.3, -0.25) is 4.40 Å². The van der Waals surface area contributed by atoms with Gasteiger partial charge in [-0.1, -0.05) is 113 Å². The molecule has 0 amide bonds. The molecule has 7 aromatic rings. The van der Waals surface area contributed by atoms with Gasteiger partial charge in [0.05, 0.1) is 16.6 Å². The van der Waals surface area contributed by atoms with Crippen molar-refractivity contribution in [3.8, 4) is 11.1 Å². The van der Waals surface area contributed by atoms with E-state index in [-0.39, 0.29) is 17.5 Å². The van der Waals surface area contributed by atoms with Crippen molar-refractivity contribution in [2.24, 2.45) is 0 Å². The van der Waals surface area contributed by atoms with Crippen LogP contribution in [0.25, 0.3) is 58.9 Å². The Morgan fingerprint density at radius 1 is 0.744 bits per heavy atom. The van der Waals surface area contributed by atoms with Gasteiger partial charge in [0.15, 0.2) is 4.96 Å². The lowest BCUT2D eigenvalue weighted by Crippen LogP contribution is -2.52. The molecule has 0 spiro atoms. The molecule has 188 valence electrons. The summed E-state index contributed by atoms with van der Waals surface area (Å²) in [5, 5.41) is 5.39. The molecule has 4 heteroatoms. The van der Waals surface area contributed by atoms with Crippen LogP contribution in [0.5, 0.6) is 0 Å². The second-order valence-electron chi connectivity index (χ2n) is 13.7. The molecule has 4 heterocycles. The molecule has 2 aliphatic heterocycles. The summed E-state index contributed by atoms with van der Waals surface area (Å²) >= 11 is 1.84. The minimum Gasteiger partial charge on any atom is -0.285 e. The molecule has 5 aromatic carbocycles. The summed E-state index contributed by atoms with van der Waals surface area (Å²) in [6.45, 7) is 14.1. The molecular formula is C35H29BN2S. The van der Waals surface area contributed by atoms with Crippen LogP contribution in [0, 0.1) is 0 Å². The highest BCUT2D eigenvalue weighted by molar-refractivity contribution is 7.23. The van der Waals surface area contributed by atoms with Gasteiger partial charge in [-0.25, -0.2) is 4.98 Å². The fourth-order valence-electron chi connectivity index (χ4n) is 7.44. The quantitative estimate of drug-likeness (QED) is 0.116. The number of hydrogen-bond donors (Lipinski definition) is 0. The van der Waals surface area contributed by atoms with Crippen molar-refractivity contribution in [3.63, 3.8) is 0 Å². The molecule has 0 N–H and O–H groups in total. The van der Waals surface area contributed by atoms with Crippen molar-refractivity contribution >= 4 is 82.2 Å². The van der Waals surface area contributed by atoms with E-state index in [1.807, 2.05) is 11.3 Å². The van der Waals surface area contributed by atoms with Gasteiger partial charge < -0.3 is 0 Å². The Morgan fingerprint density at radius 2 is 1.54 bits per heavy atom. The van der Waals surface area contributed by atoms with E-state index in [0.717, 1.165) is 4.96 Å². The lowest BCUT2D eigenvalue weighted by atomic mass is 9.37. The normalized spacial score (nSPS) is 14.4. The first-order valence-electron chi connectivity index (χ1n) is 14.0. The second-order valence-corrected chi connectivity index (χ2v) is 14.7. The molecule has 0 atom stereocenters. The lowest BCUT2D eigenvalue weighted by Gasteiger charge is -2.25. The summed E-state index contributed by atoms with van der Waals surface area (Å²) in [5.74, 6) is 0. The molecule has 0 radical (unpaired) electrons. The van der Waals surface area contributed by atoms with Crippen LogP contribution in [-0.2, 0) is 10.8 Å².